The predicted molar refractivity (Wildman–Crippen MR) is 74.2 cm³/mol. The number of halogens is 3. The Morgan fingerprint density at radius 1 is 1.55 bits per heavy atom. The normalized spacial score (nSPS) is 14.3. The fourth-order valence-electron chi connectivity index (χ4n) is 1.39. The first-order chi connectivity index (χ1) is 9.24. The van der Waals surface area contributed by atoms with Crippen LogP contribution in [-0.4, -0.2) is 25.5 Å². The Hall–Kier alpha value is -1.09. The van der Waals surface area contributed by atoms with Crippen LogP contribution in [0.5, 0.6) is 0 Å². The molecule has 0 spiro atoms. The summed E-state index contributed by atoms with van der Waals surface area (Å²) in [6.07, 6.45) is 0.225. The van der Waals surface area contributed by atoms with E-state index < -0.39 is 31.8 Å². The average Bonchev–Trinajstić information content (AvgIpc) is 2.41. The Morgan fingerprint density at radius 3 is 2.65 bits per heavy atom. The second-order valence-corrected chi connectivity index (χ2v) is 6.25. The van der Waals surface area contributed by atoms with Crippen LogP contribution in [0.25, 0.3) is 0 Å². The summed E-state index contributed by atoms with van der Waals surface area (Å²) < 4.78 is 39.9. The molecular formula is C10H12Cl2FN3O3S. The van der Waals surface area contributed by atoms with Gasteiger partial charge in [0.25, 0.3) is 0 Å². The number of nitrogens with zero attached hydrogens (tertiary/aromatic N) is 1. The van der Waals surface area contributed by atoms with E-state index in [9.17, 15) is 12.8 Å². The molecule has 1 aromatic rings. The van der Waals surface area contributed by atoms with Crippen LogP contribution in [0, 0.1) is 5.82 Å². The van der Waals surface area contributed by atoms with Crippen molar-refractivity contribution in [1.82, 2.24) is 4.72 Å². The molecule has 1 atom stereocenters. The first-order valence-corrected chi connectivity index (χ1v) is 7.61. The lowest BCUT2D eigenvalue weighted by Crippen LogP contribution is -2.44. The molecule has 0 saturated carbocycles. The zero-order valence-corrected chi connectivity index (χ0v) is 12.6. The SMILES string of the molecule is CCC(NS(=O)(=O)c1ccc(Cl)c(F)c1Cl)/C(N)=N/O. The third-order valence-electron chi connectivity index (χ3n) is 2.47. The van der Waals surface area contributed by atoms with Crippen LogP contribution in [-0.2, 0) is 10.0 Å². The van der Waals surface area contributed by atoms with Gasteiger partial charge in [-0.1, -0.05) is 35.3 Å². The number of benzene rings is 1. The lowest BCUT2D eigenvalue weighted by Gasteiger charge is -2.16. The molecule has 0 bridgehead atoms. The van der Waals surface area contributed by atoms with Gasteiger partial charge in [0.2, 0.25) is 10.0 Å². The highest BCUT2D eigenvalue weighted by molar-refractivity contribution is 7.89. The summed E-state index contributed by atoms with van der Waals surface area (Å²) in [5, 5.41) is 10.4. The van der Waals surface area contributed by atoms with Crippen molar-refractivity contribution in [3.63, 3.8) is 0 Å². The first-order valence-electron chi connectivity index (χ1n) is 5.37. The number of hydrogen-bond acceptors (Lipinski definition) is 4. The molecule has 1 unspecified atom stereocenters. The zero-order chi connectivity index (χ0) is 15.5. The average molecular weight is 344 g/mol. The molecule has 0 aliphatic heterocycles. The van der Waals surface area contributed by atoms with Gasteiger partial charge in [-0.05, 0) is 18.6 Å². The van der Waals surface area contributed by atoms with Gasteiger partial charge >= 0.3 is 0 Å². The van der Waals surface area contributed by atoms with Gasteiger partial charge in [-0.15, -0.1) is 0 Å². The summed E-state index contributed by atoms with van der Waals surface area (Å²) in [6, 6.07) is 1.19. The Kier molecular flexibility index (Phi) is 5.58. The van der Waals surface area contributed by atoms with E-state index >= 15 is 0 Å². The summed E-state index contributed by atoms with van der Waals surface area (Å²) in [5.74, 6) is -1.35. The summed E-state index contributed by atoms with van der Waals surface area (Å²) in [6.45, 7) is 1.62. The van der Waals surface area contributed by atoms with Gasteiger partial charge in [0, 0.05) is 0 Å². The van der Waals surface area contributed by atoms with Gasteiger partial charge in [-0.3, -0.25) is 0 Å². The predicted octanol–water partition coefficient (Wildman–Crippen LogP) is 1.94. The number of nitrogens with two attached hydrogens (primary N) is 1. The Labute approximate surface area is 125 Å². The number of nitrogens with one attached hydrogen (secondary N) is 1. The molecule has 0 radical (unpaired) electrons. The fraction of sp³-hybridized carbons (Fsp3) is 0.300. The summed E-state index contributed by atoms with van der Waals surface area (Å²) in [4.78, 5) is -0.481. The van der Waals surface area contributed by atoms with Crippen molar-refractivity contribution in [3.05, 3.63) is 28.0 Å². The van der Waals surface area contributed by atoms with Crippen molar-refractivity contribution in [1.29, 1.82) is 0 Å². The largest absolute Gasteiger partial charge is 0.409 e. The molecule has 6 nitrogen and oxygen atoms in total. The van der Waals surface area contributed by atoms with Crippen LogP contribution in [0.2, 0.25) is 10.0 Å². The lowest BCUT2D eigenvalue weighted by molar-refractivity contribution is 0.315. The zero-order valence-electron chi connectivity index (χ0n) is 10.3. The molecule has 112 valence electrons. The van der Waals surface area contributed by atoms with E-state index in [0.717, 1.165) is 12.1 Å². The van der Waals surface area contributed by atoms with Crippen LogP contribution in [0.4, 0.5) is 4.39 Å². The van der Waals surface area contributed by atoms with Crippen LogP contribution in [0.1, 0.15) is 13.3 Å². The third-order valence-corrected chi connectivity index (χ3v) is 4.75. The highest BCUT2D eigenvalue weighted by Crippen LogP contribution is 2.29. The van der Waals surface area contributed by atoms with Crippen LogP contribution >= 0.6 is 23.2 Å². The highest BCUT2D eigenvalue weighted by Gasteiger charge is 2.26. The van der Waals surface area contributed by atoms with Crippen molar-refractivity contribution in [2.75, 3.05) is 0 Å². The monoisotopic (exact) mass is 343 g/mol. The maximum absolute atomic E-state index is 13.5. The van der Waals surface area contributed by atoms with E-state index in [1.54, 1.807) is 6.92 Å². The highest BCUT2D eigenvalue weighted by atomic mass is 35.5. The molecule has 1 rings (SSSR count). The Morgan fingerprint density at radius 2 is 2.15 bits per heavy atom. The van der Waals surface area contributed by atoms with Gasteiger partial charge in [0.15, 0.2) is 11.7 Å². The van der Waals surface area contributed by atoms with E-state index in [1.165, 1.54) is 0 Å². The smallest absolute Gasteiger partial charge is 0.242 e. The summed E-state index contributed by atoms with van der Waals surface area (Å²) >= 11 is 11.1. The number of sulfonamides is 1. The Balaban J connectivity index is 3.21. The maximum Gasteiger partial charge on any atom is 0.242 e. The van der Waals surface area contributed by atoms with Crippen molar-refractivity contribution in [3.8, 4) is 0 Å². The molecule has 4 N–H and O–H groups in total. The number of rotatable bonds is 5. The third kappa shape index (κ3) is 3.51. The van der Waals surface area contributed by atoms with Gasteiger partial charge in [0.1, 0.15) is 4.90 Å². The van der Waals surface area contributed by atoms with Gasteiger partial charge in [-0.25, -0.2) is 17.5 Å². The van der Waals surface area contributed by atoms with Crippen molar-refractivity contribution >= 4 is 39.1 Å². The van der Waals surface area contributed by atoms with E-state index in [0.29, 0.717) is 0 Å². The minimum atomic E-state index is -4.15. The van der Waals surface area contributed by atoms with Crippen molar-refractivity contribution < 1.29 is 18.0 Å². The van der Waals surface area contributed by atoms with E-state index in [4.69, 9.17) is 34.1 Å². The van der Waals surface area contributed by atoms with Crippen LogP contribution < -0.4 is 10.5 Å². The van der Waals surface area contributed by atoms with Crippen LogP contribution in [0.3, 0.4) is 0 Å². The van der Waals surface area contributed by atoms with E-state index in [2.05, 4.69) is 9.88 Å². The first kappa shape index (κ1) is 17.0. The molecule has 0 amide bonds. The minimum absolute atomic E-state index is 0.225. The van der Waals surface area contributed by atoms with Crippen LogP contribution in [0.15, 0.2) is 22.2 Å². The van der Waals surface area contributed by atoms with Gasteiger partial charge in [-0.2, -0.15) is 0 Å². The van der Waals surface area contributed by atoms with Gasteiger partial charge in [0.05, 0.1) is 16.1 Å². The van der Waals surface area contributed by atoms with Crippen molar-refractivity contribution in [2.45, 2.75) is 24.3 Å². The summed E-state index contributed by atoms with van der Waals surface area (Å²) in [7, 11) is -4.15. The second-order valence-electron chi connectivity index (χ2n) is 3.78. The standard InChI is InChI=1S/C10H12Cl2FN3O3S/c1-2-6(10(14)15-17)16-20(18,19)7-4-3-5(11)9(13)8(7)12/h3-4,6,16-17H,2H2,1H3,(H2,14,15). The molecule has 1 aromatic carbocycles. The molecule has 0 aliphatic rings. The number of oxime groups is 1. The fourth-order valence-corrected chi connectivity index (χ4v) is 3.43. The molecule has 0 aromatic heterocycles. The molecule has 20 heavy (non-hydrogen) atoms. The van der Waals surface area contributed by atoms with E-state index in [-0.39, 0.29) is 17.3 Å². The molecule has 0 fully saturated rings. The second kappa shape index (κ2) is 6.57. The quantitative estimate of drug-likeness (QED) is 0.250. The summed E-state index contributed by atoms with van der Waals surface area (Å²) in [5.41, 5.74) is 5.35. The van der Waals surface area contributed by atoms with E-state index in [1.807, 2.05) is 0 Å². The van der Waals surface area contributed by atoms with Crippen molar-refractivity contribution in [2.24, 2.45) is 10.9 Å². The van der Waals surface area contributed by atoms with Gasteiger partial charge < -0.3 is 10.9 Å². The molecule has 0 heterocycles. The topological polar surface area (TPSA) is 105 Å². The number of amidine groups is 1. The molecular weight excluding hydrogens is 332 g/mol. The molecule has 10 heteroatoms. The number of hydrogen-bond donors (Lipinski definition) is 3. The minimum Gasteiger partial charge on any atom is -0.409 e. The molecule has 0 saturated heterocycles. The maximum atomic E-state index is 13.5. The Bertz CT molecular complexity index is 637. The lowest BCUT2D eigenvalue weighted by atomic mass is 10.2. The molecule has 0 aliphatic carbocycles.